The molecule has 0 aliphatic heterocycles. The predicted molar refractivity (Wildman–Crippen MR) is 54.2 cm³/mol. The van der Waals surface area contributed by atoms with Gasteiger partial charge in [-0.25, -0.2) is 19.4 Å². The number of hydrogen-bond donors (Lipinski definition) is 3. The van der Waals surface area contributed by atoms with Crippen molar-refractivity contribution in [3.63, 3.8) is 0 Å². The number of ether oxygens (including phenoxy) is 1. The van der Waals surface area contributed by atoms with Crippen molar-refractivity contribution in [1.82, 2.24) is 0 Å². The second-order valence-electron chi connectivity index (χ2n) is 3.64. The Labute approximate surface area is 102 Å². The number of carbonyl (C=O) groups is 3. The van der Waals surface area contributed by atoms with Crippen LogP contribution >= 0.6 is 0 Å². The molecule has 104 valence electrons. The summed E-state index contributed by atoms with van der Waals surface area (Å²) in [6, 6.07) is -1.07. The molecule has 0 aromatic heterocycles. The van der Waals surface area contributed by atoms with E-state index in [1.54, 1.807) is 0 Å². The fraction of sp³-hybridized carbons (Fsp3) is 0.667. The van der Waals surface area contributed by atoms with E-state index < -0.39 is 35.8 Å². The molecule has 3 atom stereocenters. The van der Waals surface area contributed by atoms with Crippen LogP contribution < -0.4 is 5.73 Å². The third-order valence-corrected chi connectivity index (χ3v) is 1.59. The van der Waals surface area contributed by atoms with Gasteiger partial charge in [0.1, 0.15) is 6.04 Å². The molecule has 0 aromatic rings. The molecule has 0 aliphatic carbocycles. The molecule has 4 N–H and O–H groups in total. The van der Waals surface area contributed by atoms with Crippen LogP contribution in [0.4, 0.5) is 0 Å². The third-order valence-electron chi connectivity index (χ3n) is 1.59. The molecule has 9 nitrogen and oxygen atoms in total. The first-order chi connectivity index (χ1) is 8.08. The van der Waals surface area contributed by atoms with Gasteiger partial charge in [-0.3, -0.25) is 4.79 Å². The van der Waals surface area contributed by atoms with Crippen molar-refractivity contribution < 1.29 is 39.1 Å². The number of esters is 1. The molecular weight excluding hydrogens is 250 g/mol. The van der Waals surface area contributed by atoms with E-state index in [1.165, 1.54) is 6.92 Å². The van der Waals surface area contributed by atoms with E-state index >= 15 is 0 Å². The summed E-state index contributed by atoms with van der Waals surface area (Å²) in [6.07, 6.45) is -1.52. The smallest absolute Gasteiger partial charge is 0.420 e. The number of aliphatic hydroxyl groups is 2. The van der Waals surface area contributed by atoms with Gasteiger partial charge < -0.3 is 20.7 Å². The second kappa shape index (κ2) is 6.28. The minimum Gasteiger partial charge on any atom is -0.420 e. The van der Waals surface area contributed by atoms with Crippen molar-refractivity contribution in [3.8, 4) is 0 Å². The van der Waals surface area contributed by atoms with E-state index in [-0.39, 0.29) is 0 Å². The van der Waals surface area contributed by atoms with Gasteiger partial charge in [-0.2, -0.15) is 0 Å². The Morgan fingerprint density at radius 1 is 1.17 bits per heavy atom. The second-order valence-corrected chi connectivity index (χ2v) is 3.64. The lowest BCUT2D eigenvalue weighted by atomic mass is 10.3. The van der Waals surface area contributed by atoms with Crippen LogP contribution in [-0.2, 0) is 28.9 Å². The molecule has 0 aromatic carbocycles. The Morgan fingerprint density at radius 3 is 2.06 bits per heavy atom. The van der Waals surface area contributed by atoms with E-state index in [9.17, 15) is 19.5 Å². The van der Waals surface area contributed by atoms with Gasteiger partial charge in [0.25, 0.3) is 0 Å². The Bertz CT molecular complexity index is 335. The van der Waals surface area contributed by atoms with Gasteiger partial charge in [0.05, 0.1) is 0 Å². The largest absolute Gasteiger partial charge is 0.426 e. The highest BCUT2D eigenvalue weighted by molar-refractivity contribution is 5.83. The maximum absolute atomic E-state index is 11.2. The summed E-state index contributed by atoms with van der Waals surface area (Å²) in [6.45, 7) is 3.15. The fourth-order valence-electron chi connectivity index (χ4n) is 0.556. The van der Waals surface area contributed by atoms with Gasteiger partial charge in [0.15, 0.2) is 6.10 Å². The normalized spacial score (nSPS) is 17.0. The van der Waals surface area contributed by atoms with Gasteiger partial charge in [-0.15, -0.1) is 0 Å². The van der Waals surface area contributed by atoms with Crippen LogP contribution in [0.3, 0.4) is 0 Å². The zero-order valence-corrected chi connectivity index (χ0v) is 10.1. The maximum atomic E-state index is 11.2. The van der Waals surface area contributed by atoms with Gasteiger partial charge in [0, 0.05) is 6.92 Å². The highest BCUT2D eigenvalue weighted by Crippen LogP contribution is 2.10. The SMILES string of the molecule is CC(N)C(=O)OC(C)(O)C(=O)OOC(=O)C(C)O. The minimum atomic E-state index is -2.66. The monoisotopic (exact) mass is 265 g/mol. The summed E-state index contributed by atoms with van der Waals surface area (Å²) < 4.78 is 4.32. The van der Waals surface area contributed by atoms with E-state index in [2.05, 4.69) is 14.5 Å². The van der Waals surface area contributed by atoms with Crippen LogP contribution in [-0.4, -0.2) is 46.1 Å². The summed E-state index contributed by atoms with van der Waals surface area (Å²) in [4.78, 5) is 40.8. The molecule has 0 bridgehead atoms. The van der Waals surface area contributed by atoms with Crippen molar-refractivity contribution in [1.29, 1.82) is 0 Å². The standard InChI is InChI=1S/C9H15NO8/c1-4(10)6(12)16-9(3,15)8(14)18-17-7(13)5(2)11/h4-5,11,15H,10H2,1-3H3. The van der Waals surface area contributed by atoms with Crippen LogP contribution in [0.5, 0.6) is 0 Å². The molecule has 9 heteroatoms. The predicted octanol–water partition coefficient (Wildman–Crippen LogP) is -2.03. The lowest BCUT2D eigenvalue weighted by Gasteiger charge is -2.21. The van der Waals surface area contributed by atoms with Crippen LogP contribution in [0.2, 0.25) is 0 Å². The summed E-state index contributed by atoms with van der Waals surface area (Å²) in [5, 5.41) is 18.2. The van der Waals surface area contributed by atoms with E-state index in [0.29, 0.717) is 0 Å². The number of aliphatic hydroxyl groups excluding tert-OH is 1. The van der Waals surface area contributed by atoms with Gasteiger partial charge in [0.2, 0.25) is 0 Å². The molecule has 0 fully saturated rings. The number of nitrogens with two attached hydrogens (primary N) is 1. The van der Waals surface area contributed by atoms with Crippen LogP contribution in [0, 0.1) is 0 Å². The summed E-state index contributed by atoms with van der Waals surface area (Å²) in [5.41, 5.74) is 5.15. The van der Waals surface area contributed by atoms with Crippen molar-refractivity contribution in [3.05, 3.63) is 0 Å². The number of hydrogen-bond acceptors (Lipinski definition) is 9. The Kier molecular flexibility index (Phi) is 5.69. The molecule has 0 saturated carbocycles. The van der Waals surface area contributed by atoms with Gasteiger partial charge in [-0.05, 0) is 13.8 Å². The van der Waals surface area contributed by atoms with Crippen molar-refractivity contribution >= 4 is 17.9 Å². The van der Waals surface area contributed by atoms with E-state index in [1.807, 2.05) is 0 Å². The summed E-state index contributed by atoms with van der Waals surface area (Å²) in [7, 11) is 0. The Morgan fingerprint density at radius 2 is 1.67 bits per heavy atom. The zero-order valence-electron chi connectivity index (χ0n) is 10.1. The minimum absolute atomic E-state index is 0.797. The van der Waals surface area contributed by atoms with E-state index in [0.717, 1.165) is 13.8 Å². The molecule has 0 heterocycles. The van der Waals surface area contributed by atoms with Crippen LogP contribution in [0.15, 0.2) is 0 Å². The molecule has 3 unspecified atom stereocenters. The maximum Gasteiger partial charge on any atom is 0.426 e. The first-order valence-electron chi connectivity index (χ1n) is 4.89. The van der Waals surface area contributed by atoms with Gasteiger partial charge in [-0.1, -0.05) is 0 Å². The molecule has 0 saturated heterocycles. The first-order valence-corrected chi connectivity index (χ1v) is 4.89. The van der Waals surface area contributed by atoms with Crippen LogP contribution in [0.25, 0.3) is 0 Å². The fourth-order valence-corrected chi connectivity index (χ4v) is 0.556. The van der Waals surface area contributed by atoms with Crippen molar-refractivity contribution in [2.24, 2.45) is 5.73 Å². The number of rotatable bonds is 4. The molecule has 0 amide bonds. The summed E-state index contributed by atoms with van der Waals surface area (Å²) in [5.74, 6) is -6.52. The lowest BCUT2D eigenvalue weighted by Crippen LogP contribution is -2.45. The van der Waals surface area contributed by atoms with Crippen molar-refractivity contribution in [2.75, 3.05) is 0 Å². The van der Waals surface area contributed by atoms with Crippen LogP contribution in [0.1, 0.15) is 20.8 Å². The molecular formula is C9H15NO8. The quantitative estimate of drug-likeness (QED) is 0.226. The average molecular weight is 265 g/mol. The van der Waals surface area contributed by atoms with E-state index in [4.69, 9.17) is 10.8 Å². The highest BCUT2D eigenvalue weighted by atomic mass is 17.2. The summed E-state index contributed by atoms with van der Waals surface area (Å²) >= 11 is 0. The number of carbonyl (C=O) groups excluding carboxylic acids is 3. The lowest BCUT2D eigenvalue weighted by molar-refractivity contribution is -0.292. The average Bonchev–Trinajstić information content (AvgIpc) is 2.24. The molecule has 0 radical (unpaired) electrons. The third kappa shape index (κ3) is 5.08. The molecule has 0 spiro atoms. The molecule has 0 aliphatic rings. The molecule has 18 heavy (non-hydrogen) atoms. The Hall–Kier alpha value is -1.71. The molecule has 0 rings (SSSR count). The zero-order chi connectivity index (χ0) is 14.5. The first kappa shape index (κ1) is 16.3. The topological polar surface area (TPSA) is 145 Å². The highest BCUT2D eigenvalue weighted by Gasteiger charge is 2.39. The van der Waals surface area contributed by atoms with Crippen molar-refractivity contribution in [2.45, 2.75) is 38.7 Å². The Balaban J connectivity index is 4.39. The van der Waals surface area contributed by atoms with Gasteiger partial charge >= 0.3 is 23.7 Å².